The zero-order valence-electron chi connectivity index (χ0n) is 10.7. The molecule has 0 bridgehead atoms. The molecule has 0 saturated carbocycles. The molecule has 0 aliphatic carbocycles. The maximum absolute atomic E-state index is 11.1. The fourth-order valence-electron chi connectivity index (χ4n) is 1.72. The molecule has 0 aliphatic heterocycles. The van der Waals surface area contributed by atoms with Crippen LogP contribution in [0.15, 0.2) is 30.5 Å². The highest BCUT2D eigenvalue weighted by molar-refractivity contribution is 6.30. The molecule has 19 heavy (non-hydrogen) atoms. The van der Waals surface area contributed by atoms with E-state index in [0.717, 1.165) is 17.1 Å². The lowest BCUT2D eigenvalue weighted by molar-refractivity contribution is -0.118. The molecule has 0 aliphatic rings. The third kappa shape index (κ3) is 2.88. The highest BCUT2D eigenvalue weighted by Gasteiger charge is 2.13. The Bertz CT molecular complexity index is 608. The number of nitrogens with two attached hydrogens (primary N) is 1. The van der Waals surface area contributed by atoms with Gasteiger partial charge >= 0.3 is 0 Å². The van der Waals surface area contributed by atoms with Gasteiger partial charge in [0.15, 0.2) is 0 Å². The summed E-state index contributed by atoms with van der Waals surface area (Å²) in [7, 11) is 0. The van der Waals surface area contributed by atoms with Crippen LogP contribution in [0.25, 0.3) is 5.69 Å². The average molecular weight is 279 g/mol. The molecule has 2 rings (SSSR count). The first kappa shape index (κ1) is 13.4. The van der Waals surface area contributed by atoms with E-state index in [0.29, 0.717) is 5.02 Å². The Balaban J connectivity index is 2.30. The molecule has 0 saturated heterocycles. The fourth-order valence-corrected chi connectivity index (χ4v) is 1.91. The van der Waals surface area contributed by atoms with Crippen molar-refractivity contribution < 1.29 is 4.79 Å². The van der Waals surface area contributed by atoms with Crippen LogP contribution >= 0.6 is 11.6 Å². The van der Waals surface area contributed by atoms with E-state index >= 15 is 0 Å². The summed E-state index contributed by atoms with van der Waals surface area (Å²) >= 11 is 5.96. The molecule has 100 valence electrons. The van der Waals surface area contributed by atoms with Crippen LogP contribution in [0.2, 0.25) is 5.02 Å². The van der Waals surface area contributed by atoms with Crippen LogP contribution in [0.1, 0.15) is 12.6 Å². The average Bonchev–Trinajstić information content (AvgIpc) is 2.71. The van der Waals surface area contributed by atoms with Crippen LogP contribution in [-0.4, -0.2) is 21.7 Å². The Hall–Kier alpha value is -2.01. The molecule has 0 unspecified atom stereocenters. The SMILES string of the molecule is Cc1c(N[C@@H](C)C(N)=O)cnn1-c1cccc(Cl)c1. The van der Waals surface area contributed by atoms with Gasteiger partial charge in [-0.2, -0.15) is 5.10 Å². The number of carbonyl (C=O) groups is 1. The number of nitrogens with zero attached hydrogens (tertiary/aromatic N) is 2. The van der Waals surface area contributed by atoms with Crippen molar-refractivity contribution in [3.8, 4) is 5.69 Å². The fraction of sp³-hybridized carbons (Fsp3) is 0.231. The van der Waals surface area contributed by atoms with E-state index < -0.39 is 11.9 Å². The first-order valence-corrected chi connectivity index (χ1v) is 6.23. The molecule has 5 nitrogen and oxygen atoms in total. The van der Waals surface area contributed by atoms with Crippen molar-refractivity contribution in [1.29, 1.82) is 0 Å². The van der Waals surface area contributed by atoms with Crippen LogP contribution in [0.4, 0.5) is 5.69 Å². The van der Waals surface area contributed by atoms with Gasteiger partial charge in [-0.3, -0.25) is 4.79 Å². The van der Waals surface area contributed by atoms with E-state index in [9.17, 15) is 4.79 Å². The minimum Gasteiger partial charge on any atom is -0.371 e. The zero-order valence-corrected chi connectivity index (χ0v) is 11.5. The summed E-state index contributed by atoms with van der Waals surface area (Å²) in [6, 6.07) is 6.95. The van der Waals surface area contributed by atoms with Crippen molar-refractivity contribution in [2.24, 2.45) is 5.73 Å². The third-order valence-electron chi connectivity index (χ3n) is 2.86. The summed E-state index contributed by atoms with van der Waals surface area (Å²) in [6.45, 7) is 3.61. The largest absolute Gasteiger partial charge is 0.371 e. The van der Waals surface area contributed by atoms with Gasteiger partial charge in [-0.05, 0) is 32.0 Å². The lowest BCUT2D eigenvalue weighted by atomic mass is 10.3. The van der Waals surface area contributed by atoms with Gasteiger partial charge in [0, 0.05) is 5.02 Å². The number of rotatable bonds is 4. The van der Waals surface area contributed by atoms with Crippen LogP contribution in [0.5, 0.6) is 0 Å². The normalized spacial score (nSPS) is 12.2. The van der Waals surface area contributed by atoms with Gasteiger partial charge < -0.3 is 11.1 Å². The highest BCUT2D eigenvalue weighted by atomic mass is 35.5. The topological polar surface area (TPSA) is 72.9 Å². The summed E-state index contributed by atoms with van der Waals surface area (Å²) in [6.07, 6.45) is 1.66. The van der Waals surface area contributed by atoms with Gasteiger partial charge in [0.05, 0.1) is 23.3 Å². The smallest absolute Gasteiger partial charge is 0.239 e. The van der Waals surface area contributed by atoms with Crippen molar-refractivity contribution in [2.45, 2.75) is 19.9 Å². The lowest BCUT2D eigenvalue weighted by Gasteiger charge is -2.11. The Labute approximate surface area is 116 Å². The second-order valence-electron chi connectivity index (χ2n) is 4.30. The van der Waals surface area contributed by atoms with Gasteiger partial charge in [-0.15, -0.1) is 0 Å². The van der Waals surface area contributed by atoms with Gasteiger partial charge in [-0.25, -0.2) is 4.68 Å². The number of hydrogen-bond acceptors (Lipinski definition) is 3. The molecule has 1 aromatic carbocycles. The summed E-state index contributed by atoms with van der Waals surface area (Å²) < 4.78 is 1.75. The minimum absolute atomic E-state index is 0.407. The monoisotopic (exact) mass is 278 g/mol. The Morgan fingerprint density at radius 3 is 2.89 bits per heavy atom. The zero-order chi connectivity index (χ0) is 14.0. The number of nitrogens with one attached hydrogen (secondary N) is 1. The lowest BCUT2D eigenvalue weighted by Crippen LogP contribution is -2.32. The van der Waals surface area contributed by atoms with Crippen molar-refractivity contribution in [2.75, 3.05) is 5.32 Å². The molecule has 2 aromatic rings. The first-order chi connectivity index (χ1) is 8.99. The van der Waals surface area contributed by atoms with Crippen LogP contribution in [-0.2, 0) is 4.79 Å². The third-order valence-corrected chi connectivity index (χ3v) is 3.10. The number of halogens is 1. The molecule has 1 amide bonds. The molecule has 0 fully saturated rings. The van der Waals surface area contributed by atoms with Crippen molar-refractivity contribution in [3.05, 3.63) is 41.2 Å². The number of benzene rings is 1. The molecule has 3 N–H and O–H groups in total. The number of amides is 1. The molecular weight excluding hydrogens is 264 g/mol. The van der Waals surface area contributed by atoms with Crippen molar-refractivity contribution in [1.82, 2.24) is 9.78 Å². The second-order valence-corrected chi connectivity index (χ2v) is 4.74. The van der Waals surface area contributed by atoms with Crippen LogP contribution < -0.4 is 11.1 Å². The summed E-state index contributed by atoms with van der Waals surface area (Å²) in [5.74, 6) is -0.407. The Morgan fingerprint density at radius 1 is 1.53 bits per heavy atom. The maximum Gasteiger partial charge on any atom is 0.239 e. The molecule has 0 spiro atoms. The van der Waals surface area contributed by atoms with Gasteiger partial charge in [0.1, 0.15) is 6.04 Å². The molecular formula is C13H15ClN4O. The number of anilines is 1. The summed E-state index contributed by atoms with van der Waals surface area (Å²) in [5, 5.41) is 7.95. The number of primary amides is 1. The van der Waals surface area contributed by atoms with E-state index in [1.807, 2.05) is 25.1 Å². The van der Waals surface area contributed by atoms with E-state index in [1.165, 1.54) is 0 Å². The standard InChI is InChI=1S/C13H15ClN4O/c1-8(13(15)19)17-12-7-16-18(9(12)2)11-5-3-4-10(14)6-11/h3-8,17H,1-2H3,(H2,15,19)/t8-/m0/s1. The summed E-state index contributed by atoms with van der Waals surface area (Å²) in [4.78, 5) is 11.1. The first-order valence-electron chi connectivity index (χ1n) is 5.85. The number of aromatic nitrogens is 2. The van der Waals surface area contributed by atoms with Crippen LogP contribution in [0.3, 0.4) is 0 Å². The van der Waals surface area contributed by atoms with Crippen LogP contribution in [0, 0.1) is 6.92 Å². The van der Waals surface area contributed by atoms with E-state index in [2.05, 4.69) is 10.4 Å². The van der Waals surface area contributed by atoms with Gasteiger partial charge in [0.25, 0.3) is 0 Å². The predicted octanol–water partition coefficient (Wildman–Crippen LogP) is 2.12. The predicted molar refractivity (Wildman–Crippen MR) is 75.6 cm³/mol. The second kappa shape index (κ2) is 5.32. The Morgan fingerprint density at radius 2 is 2.26 bits per heavy atom. The minimum atomic E-state index is -0.448. The van der Waals surface area contributed by atoms with Gasteiger partial charge in [0.2, 0.25) is 5.91 Å². The molecule has 0 radical (unpaired) electrons. The molecule has 1 atom stereocenters. The van der Waals surface area contributed by atoms with E-state index in [4.69, 9.17) is 17.3 Å². The highest BCUT2D eigenvalue weighted by Crippen LogP contribution is 2.21. The van der Waals surface area contributed by atoms with E-state index in [1.54, 1.807) is 23.9 Å². The molecule has 1 heterocycles. The molecule has 1 aromatic heterocycles. The van der Waals surface area contributed by atoms with Crippen molar-refractivity contribution in [3.63, 3.8) is 0 Å². The van der Waals surface area contributed by atoms with E-state index in [-0.39, 0.29) is 0 Å². The maximum atomic E-state index is 11.1. The Kier molecular flexibility index (Phi) is 3.76. The van der Waals surface area contributed by atoms with Gasteiger partial charge in [-0.1, -0.05) is 17.7 Å². The summed E-state index contributed by atoms with van der Waals surface area (Å²) in [5.41, 5.74) is 7.75. The van der Waals surface area contributed by atoms with Crippen molar-refractivity contribution >= 4 is 23.2 Å². The number of hydrogen-bond donors (Lipinski definition) is 2. The number of carbonyl (C=O) groups excluding carboxylic acids is 1. The quantitative estimate of drug-likeness (QED) is 0.900. The molecule has 6 heteroatoms.